The molecule has 0 aromatic heterocycles. The third-order valence-electron chi connectivity index (χ3n) is 4.29. The van der Waals surface area contributed by atoms with E-state index in [0.717, 1.165) is 10.0 Å². The van der Waals surface area contributed by atoms with Crippen LogP contribution < -0.4 is 10.6 Å². The summed E-state index contributed by atoms with van der Waals surface area (Å²) in [4.78, 5) is 38.1. The van der Waals surface area contributed by atoms with Crippen molar-refractivity contribution in [2.75, 3.05) is 6.61 Å². The largest absolute Gasteiger partial charge is 0.464 e. The number of halogens is 1. The van der Waals surface area contributed by atoms with Crippen LogP contribution in [0.2, 0.25) is 0 Å². The zero-order chi connectivity index (χ0) is 22.8. The maximum Gasteiger partial charge on any atom is 0.328 e. The van der Waals surface area contributed by atoms with E-state index in [1.807, 2.05) is 38.1 Å². The van der Waals surface area contributed by atoms with Gasteiger partial charge in [0.15, 0.2) is 0 Å². The molecule has 31 heavy (non-hydrogen) atoms. The molecule has 0 aliphatic carbocycles. The Morgan fingerprint density at radius 1 is 1.03 bits per heavy atom. The summed E-state index contributed by atoms with van der Waals surface area (Å²) in [5, 5.41) is 5.39. The summed E-state index contributed by atoms with van der Waals surface area (Å²) in [6.07, 6.45) is 1.99. The van der Waals surface area contributed by atoms with Gasteiger partial charge in [-0.1, -0.05) is 60.1 Å². The van der Waals surface area contributed by atoms with E-state index < -0.39 is 23.8 Å². The Balaban J connectivity index is 2.31. The molecule has 2 rings (SSSR count). The molecule has 0 fully saturated rings. The van der Waals surface area contributed by atoms with E-state index in [-0.39, 0.29) is 18.2 Å². The van der Waals surface area contributed by atoms with Gasteiger partial charge in [-0.15, -0.1) is 0 Å². The van der Waals surface area contributed by atoms with E-state index in [1.54, 1.807) is 43.3 Å². The molecular formula is C24H27BrN2O4. The lowest BCUT2D eigenvalue weighted by Gasteiger charge is -2.20. The summed E-state index contributed by atoms with van der Waals surface area (Å²) in [6, 6.07) is 15.1. The standard InChI is InChI=1S/C24H27BrN2O4/c1-4-31-24(30)21(14-16(2)3)27-23(29)20(15-17-10-12-19(25)13-11-17)26-22(28)18-8-6-5-7-9-18/h5-13,15-16,21H,4,14H2,1-3H3,(H,26,28)(H,27,29)/b20-15-/t21-/m0/s1. The van der Waals surface area contributed by atoms with Crippen molar-refractivity contribution in [3.05, 3.63) is 75.9 Å². The number of hydrogen-bond acceptors (Lipinski definition) is 4. The van der Waals surface area contributed by atoms with E-state index in [2.05, 4.69) is 26.6 Å². The number of ether oxygens (including phenoxy) is 1. The molecule has 2 aromatic carbocycles. The van der Waals surface area contributed by atoms with Crippen molar-refractivity contribution in [3.63, 3.8) is 0 Å². The Bertz CT molecular complexity index is 924. The van der Waals surface area contributed by atoms with Gasteiger partial charge in [-0.25, -0.2) is 4.79 Å². The number of esters is 1. The van der Waals surface area contributed by atoms with E-state index in [4.69, 9.17) is 4.74 Å². The topological polar surface area (TPSA) is 84.5 Å². The number of benzene rings is 2. The lowest BCUT2D eigenvalue weighted by molar-refractivity contribution is -0.147. The fourth-order valence-corrected chi connectivity index (χ4v) is 3.10. The van der Waals surface area contributed by atoms with Crippen LogP contribution in [0.1, 0.15) is 43.1 Å². The van der Waals surface area contributed by atoms with Gasteiger partial charge in [-0.3, -0.25) is 9.59 Å². The molecule has 0 aliphatic rings. The Kier molecular flexibility index (Phi) is 9.46. The summed E-state index contributed by atoms with van der Waals surface area (Å²) in [6.45, 7) is 5.84. The predicted molar refractivity (Wildman–Crippen MR) is 124 cm³/mol. The van der Waals surface area contributed by atoms with Crippen LogP contribution >= 0.6 is 15.9 Å². The predicted octanol–water partition coefficient (Wildman–Crippen LogP) is 4.31. The minimum atomic E-state index is -0.811. The smallest absolute Gasteiger partial charge is 0.328 e. The van der Waals surface area contributed by atoms with E-state index in [0.29, 0.717) is 12.0 Å². The van der Waals surface area contributed by atoms with Gasteiger partial charge in [0.25, 0.3) is 11.8 Å². The zero-order valence-corrected chi connectivity index (χ0v) is 19.4. The van der Waals surface area contributed by atoms with Gasteiger partial charge < -0.3 is 15.4 Å². The third kappa shape index (κ3) is 8.02. The van der Waals surface area contributed by atoms with Crippen molar-refractivity contribution in [2.45, 2.75) is 33.2 Å². The van der Waals surface area contributed by atoms with Crippen molar-refractivity contribution in [2.24, 2.45) is 5.92 Å². The lowest BCUT2D eigenvalue weighted by atomic mass is 10.0. The molecule has 6 nitrogen and oxygen atoms in total. The molecule has 0 aliphatic heterocycles. The molecule has 1 atom stereocenters. The Morgan fingerprint density at radius 3 is 2.26 bits per heavy atom. The average Bonchev–Trinajstić information content (AvgIpc) is 2.74. The van der Waals surface area contributed by atoms with Crippen LogP contribution in [0.4, 0.5) is 0 Å². The number of hydrogen-bond donors (Lipinski definition) is 2. The fourth-order valence-electron chi connectivity index (χ4n) is 2.83. The molecule has 0 bridgehead atoms. The number of rotatable bonds is 9. The summed E-state index contributed by atoms with van der Waals surface area (Å²) < 4.78 is 5.99. The van der Waals surface area contributed by atoms with Gasteiger partial charge >= 0.3 is 5.97 Å². The van der Waals surface area contributed by atoms with Gasteiger partial charge in [0, 0.05) is 10.0 Å². The van der Waals surface area contributed by atoms with Crippen LogP contribution in [0.5, 0.6) is 0 Å². The van der Waals surface area contributed by atoms with Gasteiger partial charge in [0.2, 0.25) is 0 Å². The Hall–Kier alpha value is -2.93. The lowest BCUT2D eigenvalue weighted by Crippen LogP contribution is -2.45. The normalized spacial score (nSPS) is 12.2. The molecular weight excluding hydrogens is 460 g/mol. The van der Waals surface area contributed by atoms with Gasteiger partial charge in [-0.05, 0) is 55.2 Å². The summed E-state index contributed by atoms with van der Waals surface area (Å²) in [7, 11) is 0. The fraction of sp³-hybridized carbons (Fsp3) is 0.292. The highest BCUT2D eigenvalue weighted by Crippen LogP contribution is 2.14. The second-order valence-corrected chi connectivity index (χ2v) is 8.25. The minimum Gasteiger partial charge on any atom is -0.464 e. The first-order valence-corrected chi connectivity index (χ1v) is 10.9. The van der Waals surface area contributed by atoms with E-state index >= 15 is 0 Å². The van der Waals surface area contributed by atoms with Gasteiger partial charge in [-0.2, -0.15) is 0 Å². The van der Waals surface area contributed by atoms with E-state index in [1.165, 1.54) is 0 Å². The van der Waals surface area contributed by atoms with Crippen molar-refractivity contribution < 1.29 is 19.1 Å². The highest BCUT2D eigenvalue weighted by molar-refractivity contribution is 9.10. The highest BCUT2D eigenvalue weighted by atomic mass is 79.9. The third-order valence-corrected chi connectivity index (χ3v) is 4.82. The maximum atomic E-state index is 13.1. The van der Waals surface area contributed by atoms with Crippen LogP contribution in [0.15, 0.2) is 64.8 Å². The first kappa shape index (κ1) is 24.3. The summed E-state index contributed by atoms with van der Waals surface area (Å²) in [5.41, 5.74) is 1.17. The maximum absolute atomic E-state index is 13.1. The zero-order valence-electron chi connectivity index (χ0n) is 17.9. The number of amides is 2. The molecule has 0 spiro atoms. The minimum absolute atomic E-state index is 0.0363. The molecule has 0 unspecified atom stereocenters. The molecule has 7 heteroatoms. The van der Waals surface area contributed by atoms with Crippen LogP contribution in [0.25, 0.3) is 6.08 Å². The molecule has 0 saturated heterocycles. The number of nitrogens with one attached hydrogen (secondary N) is 2. The molecule has 2 aromatic rings. The molecule has 0 saturated carbocycles. The molecule has 164 valence electrons. The van der Waals surface area contributed by atoms with Crippen LogP contribution in [0, 0.1) is 5.92 Å². The number of carbonyl (C=O) groups excluding carboxylic acids is 3. The van der Waals surface area contributed by atoms with Gasteiger partial charge in [0.05, 0.1) is 6.61 Å². The quantitative estimate of drug-likeness (QED) is 0.408. The summed E-state index contributed by atoms with van der Waals surface area (Å²) >= 11 is 3.38. The molecule has 0 heterocycles. The molecule has 2 N–H and O–H groups in total. The van der Waals surface area contributed by atoms with Crippen molar-refractivity contribution >= 4 is 39.8 Å². The second kappa shape index (κ2) is 12.1. The van der Waals surface area contributed by atoms with E-state index in [9.17, 15) is 14.4 Å². The number of carbonyl (C=O) groups is 3. The second-order valence-electron chi connectivity index (χ2n) is 7.34. The van der Waals surface area contributed by atoms with Gasteiger partial charge in [0.1, 0.15) is 11.7 Å². The first-order chi connectivity index (χ1) is 14.8. The average molecular weight is 487 g/mol. The monoisotopic (exact) mass is 486 g/mol. The van der Waals surface area contributed by atoms with Crippen molar-refractivity contribution in [3.8, 4) is 0 Å². The molecule has 2 amide bonds. The van der Waals surface area contributed by atoms with Crippen molar-refractivity contribution in [1.82, 2.24) is 10.6 Å². The van der Waals surface area contributed by atoms with Crippen LogP contribution in [-0.4, -0.2) is 30.4 Å². The highest BCUT2D eigenvalue weighted by Gasteiger charge is 2.25. The molecule has 0 radical (unpaired) electrons. The van der Waals surface area contributed by atoms with Crippen LogP contribution in [-0.2, 0) is 14.3 Å². The summed E-state index contributed by atoms with van der Waals surface area (Å²) in [5.74, 6) is -1.32. The van der Waals surface area contributed by atoms with Crippen LogP contribution in [0.3, 0.4) is 0 Å². The SMILES string of the molecule is CCOC(=O)[C@H](CC(C)C)NC(=O)/C(=C/c1ccc(Br)cc1)NC(=O)c1ccccc1. The first-order valence-electron chi connectivity index (χ1n) is 10.1. The Morgan fingerprint density at radius 2 is 1.68 bits per heavy atom. The van der Waals surface area contributed by atoms with Crippen molar-refractivity contribution in [1.29, 1.82) is 0 Å². The Labute approximate surface area is 191 Å².